The lowest BCUT2D eigenvalue weighted by molar-refractivity contribution is 0.0949. The number of carbonyl (C=O) groups is 2. The molecule has 0 aliphatic carbocycles. The molecule has 0 aliphatic heterocycles. The van der Waals surface area contributed by atoms with Crippen molar-refractivity contribution in [3.63, 3.8) is 0 Å². The van der Waals surface area contributed by atoms with Gasteiger partial charge in [-0.2, -0.15) is 5.10 Å². The highest BCUT2D eigenvalue weighted by molar-refractivity contribution is 8.01. The first-order chi connectivity index (χ1) is 17.2. The van der Waals surface area contributed by atoms with Gasteiger partial charge in [-0.3, -0.25) is 14.6 Å². The molecule has 0 unspecified atom stereocenters. The second kappa shape index (κ2) is 13.3. The number of halogens is 2. The fourth-order valence-electron chi connectivity index (χ4n) is 2.81. The Labute approximate surface area is 226 Å². The number of pyridine rings is 1. The molecule has 2 heterocycles. The maximum absolute atomic E-state index is 12.5. The molecule has 36 heavy (non-hydrogen) atoms. The number of aliphatic hydroxyl groups is 1. The van der Waals surface area contributed by atoms with Crippen molar-refractivity contribution >= 4 is 63.8 Å². The van der Waals surface area contributed by atoms with Crippen molar-refractivity contribution in [2.45, 2.75) is 19.2 Å². The lowest BCUT2D eigenvalue weighted by Gasteiger charge is -2.07. The first-order valence-electron chi connectivity index (χ1n) is 10.5. The molecule has 0 aliphatic rings. The van der Waals surface area contributed by atoms with Crippen LogP contribution in [0.25, 0.3) is 0 Å². The van der Waals surface area contributed by atoms with Gasteiger partial charge >= 0.3 is 0 Å². The van der Waals surface area contributed by atoms with Gasteiger partial charge in [0.05, 0.1) is 37.7 Å². The number of benzene rings is 1. The van der Waals surface area contributed by atoms with Gasteiger partial charge in [-0.15, -0.1) is 23.1 Å². The number of aliphatic hydroxyl groups excluding tert-OH is 1. The number of hydrogen-bond donors (Lipinski definition) is 3. The van der Waals surface area contributed by atoms with Crippen LogP contribution in [0.5, 0.6) is 0 Å². The zero-order chi connectivity index (χ0) is 26.1. The second-order valence-electron chi connectivity index (χ2n) is 7.34. The summed E-state index contributed by atoms with van der Waals surface area (Å²) in [6, 6.07) is 13.9. The van der Waals surface area contributed by atoms with E-state index in [1.165, 1.54) is 11.8 Å². The Bertz CT molecular complexity index is 1320. The first-order valence-corrected chi connectivity index (χ1v) is 13.1. The molecule has 186 valence electrons. The quantitative estimate of drug-likeness (QED) is 0.115. The summed E-state index contributed by atoms with van der Waals surface area (Å²) in [6.07, 6.45) is 1.65. The SMILES string of the molecule is C=C(O)C(=C\SCc1ccc(Cl)c(Cl)c1)/C(C)=N/NC(=O)c1ccc(C(=O)NCc2ccccn2)s1. The molecule has 2 aromatic heterocycles. The summed E-state index contributed by atoms with van der Waals surface area (Å²) in [5.41, 5.74) is 4.87. The van der Waals surface area contributed by atoms with Crippen LogP contribution in [0.1, 0.15) is 37.5 Å². The topological polar surface area (TPSA) is 104 Å². The van der Waals surface area contributed by atoms with Crippen molar-refractivity contribution in [2.24, 2.45) is 5.10 Å². The van der Waals surface area contributed by atoms with Crippen molar-refractivity contribution < 1.29 is 14.7 Å². The number of nitrogens with one attached hydrogen (secondary N) is 2. The van der Waals surface area contributed by atoms with Crippen LogP contribution in [0.15, 0.2) is 83.1 Å². The van der Waals surface area contributed by atoms with E-state index in [0.717, 1.165) is 22.6 Å². The molecule has 0 atom stereocenters. The van der Waals surface area contributed by atoms with E-state index in [2.05, 4.69) is 27.4 Å². The zero-order valence-corrected chi connectivity index (χ0v) is 22.3. The number of amides is 2. The van der Waals surface area contributed by atoms with Gasteiger partial charge in [0.2, 0.25) is 0 Å². The fourth-order valence-corrected chi connectivity index (χ4v) is 4.87. The van der Waals surface area contributed by atoms with E-state index in [4.69, 9.17) is 23.2 Å². The summed E-state index contributed by atoms with van der Waals surface area (Å²) in [7, 11) is 0. The largest absolute Gasteiger partial charge is 0.508 e. The van der Waals surface area contributed by atoms with Crippen molar-refractivity contribution in [3.05, 3.63) is 109 Å². The summed E-state index contributed by atoms with van der Waals surface area (Å²) < 4.78 is 0. The number of nitrogens with zero attached hydrogens (tertiary/aromatic N) is 2. The fraction of sp³-hybridized carbons (Fsp3) is 0.120. The Hall–Kier alpha value is -3.11. The average Bonchev–Trinajstić information content (AvgIpc) is 3.36. The van der Waals surface area contributed by atoms with Crippen LogP contribution in [0, 0.1) is 0 Å². The normalized spacial score (nSPS) is 11.8. The Morgan fingerprint density at radius 3 is 2.56 bits per heavy atom. The minimum Gasteiger partial charge on any atom is -0.508 e. The number of hydrogen-bond acceptors (Lipinski definition) is 7. The van der Waals surface area contributed by atoms with Crippen LogP contribution < -0.4 is 10.7 Å². The molecule has 0 saturated heterocycles. The lowest BCUT2D eigenvalue weighted by atomic mass is 10.2. The van der Waals surface area contributed by atoms with Gasteiger partial charge in [0.25, 0.3) is 11.8 Å². The average molecular weight is 562 g/mol. The number of rotatable bonds is 10. The van der Waals surface area contributed by atoms with Crippen molar-refractivity contribution in [2.75, 3.05) is 0 Å². The van der Waals surface area contributed by atoms with E-state index >= 15 is 0 Å². The molecular weight excluding hydrogens is 539 g/mol. The molecule has 0 fully saturated rings. The molecule has 0 spiro atoms. The standard InChI is InChI=1S/C25H22Cl2N4O3S2/c1-15(19(16(2)32)14-35-13-17-6-7-20(26)21(27)11-17)30-31-25(34)23-9-8-22(36-23)24(33)29-12-18-5-3-4-10-28-18/h3-11,14,32H,2,12-13H2,1H3,(H,29,33)(H,31,34)/b19-14-,30-15+. The molecule has 3 N–H and O–H groups in total. The van der Waals surface area contributed by atoms with E-state index in [9.17, 15) is 14.7 Å². The molecule has 7 nitrogen and oxygen atoms in total. The molecule has 2 amide bonds. The number of hydrazone groups is 1. The van der Waals surface area contributed by atoms with Crippen molar-refractivity contribution in [1.82, 2.24) is 15.7 Å². The monoisotopic (exact) mass is 560 g/mol. The summed E-state index contributed by atoms with van der Waals surface area (Å²) in [6.45, 7) is 5.49. The smallest absolute Gasteiger partial charge is 0.281 e. The number of thiophene rings is 1. The van der Waals surface area contributed by atoms with E-state index in [0.29, 0.717) is 36.8 Å². The Morgan fingerprint density at radius 1 is 1.14 bits per heavy atom. The number of carbonyl (C=O) groups excluding carboxylic acids is 2. The van der Waals surface area contributed by atoms with Gasteiger partial charge in [-0.05, 0) is 54.3 Å². The number of thioether (sulfide) groups is 1. The van der Waals surface area contributed by atoms with Crippen LogP contribution in [-0.2, 0) is 12.3 Å². The zero-order valence-electron chi connectivity index (χ0n) is 19.1. The third kappa shape index (κ3) is 7.96. The molecule has 0 radical (unpaired) electrons. The Morgan fingerprint density at radius 2 is 1.89 bits per heavy atom. The van der Waals surface area contributed by atoms with Crippen LogP contribution in [0.2, 0.25) is 10.0 Å². The molecule has 0 saturated carbocycles. The lowest BCUT2D eigenvalue weighted by Crippen LogP contribution is -2.22. The van der Waals surface area contributed by atoms with Gasteiger partial charge < -0.3 is 10.4 Å². The first kappa shape index (κ1) is 27.5. The molecule has 0 bridgehead atoms. The van der Waals surface area contributed by atoms with E-state index in [1.54, 1.807) is 48.9 Å². The van der Waals surface area contributed by atoms with Crippen LogP contribution in [-0.4, -0.2) is 27.6 Å². The predicted octanol–water partition coefficient (Wildman–Crippen LogP) is 6.37. The summed E-state index contributed by atoms with van der Waals surface area (Å²) >= 11 is 14.4. The predicted molar refractivity (Wildman–Crippen MR) is 148 cm³/mol. The van der Waals surface area contributed by atoms with Crippen LogP contribution in [0.4, 0.5) is 0 Å². The third-order valence-corrected chi connectivity index (χ3v) is 7.40. The van der Waals surface area contributed by atoms with Crippen molar-refractivity contribution in [1.29, 1.82) is 0 Å². The van der Waals surface area contributed by atoms with Gasteiger partial charge in [0, 0.05) is 17.5 Å². The highest BCUT2D eigenvalue weighted by Gasteiger charge is 2.14. The summed E-state index contributed by atoms with van der Waals surface area (Å²) in [5.74, 6) is -0.386. The van der Waals surface area contributed by atoms with Gasteiger partial charge in [0.15, 0.2) is 0 Å². The Balaban J connectivity index is 1.57. The highest BCUT2D eigenvalue weighted by atomic mass is 35.5. The van der Waals surface area contributed by atoms with Gasteiger partial charge in [0.1, 0.15) is 5.76 Å². The molecule has 3 aromatic rings. The summed E-state index contributed by atoms with van der Waals surface area (Å²) in [4.78, 5) is 29.8. The van der Waals surface area contributed by atoms with Crippen molar-refractivity contribution in [3.8, 4) is 0 Å². The minimum atomic E-state index is -0.477. The van der Waals surface area contributed by atoms with Gasteiger partial charge in [-0.25, -0.2) is 5.43 Å². The van der Waals surface area contributed by atoms with E-state index in [-0.39, 0.29) is 18.2 Å². The Kier molecular flexibility index (Phi) is 10.1. The molecule has 1 aromatic carbocycles. The highest BCUT2D eigenvalue weighted by Crippen LogP contribution is 2.26. The number of aromatic nitrogens is 1. The maximum Gasteiger partial charge on any atom is 0.281 e. The molecular formula is C25H22Cl2N4O3S2. The van der Waals surface area contributed by atoms with Gasteiger partial charge in [-0.1, -0.05) is 41.9 Å². The van der Waals surface area contributed by atoms with Crippen LogP contribution >= 0.6 is 46.3 Å². The molecule has 3 rings (SSSR count). The molecule has 11 heteroatoms. The summed E-state index contributed by atoms with van der Waals surface area (Å²) in [5, 5.41) is 19.5. The third-order valence-electron chi connectivity index (χ3n) is 4.67. The van der Waals surface area contributed by atoms with Crippen LogP contribution in [0.3, 0.4) is 0 Å². The number of allylic oxidation sites excluding steroid dienone is 1. The van der Waals surface area contributed by atoms with E-state index < -0.39 is 5.91 Å². The second-order valence-corrected chi connectivity index (χ2v) is 10.1. The minimum absolute atomic E-state index is 0.185. The van der Waals surface area contributed by atoms with E-state index in [1.807, 2.05) is 18.2 Å². The maximum atomic E-state index is 12.5.